The maximum atomic E-state index is 6.90. The first kappa shape index (κ1) is 10.4. The van der Waals surface area contributed by atoms with E-state index in [4.69, 9.17) is 6.57 Å². The lowest BCUT2D eigenvalue weighted by atomic mass is 10.0. The predicted octanol–water partition coefficient (Wildman–Crippen LogP) is 4.47. The lowest BCUT2D eigenvalue weighted by Gasteiger charge is -2.03. The van der Waals surface area contributed by atoms with Gasteiger partial charge in [0.1, 0.15) is 0 Å². The van der Waals surface area contributed by atoms with E-state index in [1.54, 1.807) is 0 Å². The molecule has 0 saturated carbocycles. The number of nitrogens with zero attached hydrogens (tertiary/aromatic N) is 1. The van der Waals surface area contributed by atoms with E-state index >= 15 is 0 Å². The van der Waals surface area contributed by atoms with Crippen molar-refractivity contribution in [2.24, 2.45) is 0 Å². The molecule has 0 heterocycles. The van der Waals surface area contributed by atoms with E-state index in [1.807, 2.05) is 24.3 Å². The lowest BCUT2D eigenvalue weighted by molar-refractivity contribution is 1.14. The number of rotatable bonds is 2. The van der Waals surface area contributed by atoms with Gasteiger partial charge in [-0.25, -0.2) is 4.85 Å². The van der Waals surface area contributed by atoms with E-state index in [0.717, 1.165) is 12.0 Å². The van der Waals surface area contributed by atoms with Gasteiger partial charge in [0, 0.05) is 0 Å². The predicted molar refractivity (Wildman–Crippen MR) is 67.5 cm³/mol. The minimum atomic E-state index is 0.689. The monoisotopic (exact) mass is 207 g/mol. The SMILES string of the molecule is [C-]#[N+]c1ccc(-c2ccc(CC)cc2)cc1. The molecule has 16 heavy (non-hydrogen) atoms. The summed E-state index contributed by atoms with van der Waals surface area (Å²) in [5.41, 5.74) is 4.40. The molecule has 0 fully saturated rings. The third kappa shape index (κ3) is 2.12. The topological polar surface area (TPSA) is 4.36 Å². The van der Waals surface area contributed by atoms with Crippen molar-refractivity contribution in [1.82, 2.24) is 0 Å². The average Bonchev–Trinajstić information content (AvgIpc) is 2.39. The highest BCUT2D eigenvalue weighted by molar-refractivity contribution is 5.66. The lowest BCUT2D eigenvalue weighted by Crippen LogP contribution is -1.80. The van der Waals surface area contributed by atoms with E-state index in [9.17, 15) is 0 Å². The summed E-state index contributed by atoms with van der Waals surface area (Å²) in [5, 5.41) is 0. The van der Waals surface area contributed by atoms with Crippen LogP contribution in [0.5, 0.6) is 0 Å². The van der Waals surface area contributed by atoms with Crippen molar-refractivity contribution in [3.63, 3.8) is 0 Å². The van der Waals surface area contributed by atoms with Crippen molar-refractivity contribution in [3.8, 4) is 11.1 Å². The van der Waals surface area contributed by atoms with Crippen LogP contribution in [0.15, 0.2) is 48.5 Å². The van der Waals surface area contributed by atoms with Crippen LogP contribution >= 0.6 is 0 Å². The van der Waals surface area contributed by atoms with Gasteiger partial charge in [-0.3, -0.25) is 0 Å². The van der Waals surface area contributed by atoms with Crippen LogP contribution in [-0.4, -0.2) is 0 Å². The molecule has 0 unspecified atom stereocenters. The van der Waals surface area contributed by atoms with Gasteiger partial charge in [0.2, 0.25) is 0 Å². The fraction of sp³-hybridized carbons (Fsp3) is 0.133. The van der Waals surface area contributed by atoms with Crippen molar-refractivity contribution < 1.29 is 0 Å². The Morgan fingerprint density at radius 1 is 0.875 bits per heavy atom. The van der Waals surface area contributed by atoms with Crippen LogP contribution < -0.4 is 0 Å². The van der Waals surface area contributed by atoms with Gasteiger partial charge in [0.05, 0.1) is 6.57 Å². The van der Waals surface area contributed by atoms with Crippen molar-refractivity contribution in [3.05, 3.63) is 65.5 Å². The molecule has 0 saturated heterocycles. The number of benzene rings is 2. The van der Waals surface area contributed by atoms with Crippen LogP contribution in [0.4, 0.5) is 5.69 Å². The molecule has 1 heteroatoms. The Balaban J connectivity index is 2.32. The highest BCUT2D eigenvalue weighted by atomic mass is 14.6. The standard InChI is InChI=1S/C15H13N/c1-3-12-4-6-13(7-5-12)14-8-10-15(16-2)11-9-14/h4-11H,3H2,1H3. The van der Waals surface area contributed by atoms with Crippen molar-refractivity contribution in [2.75, 3.05) is 0 Å². The van der Waals surface area contributed by atoms with Crippen LogP contribution in [0.3, 0.4) is 0 Å². The van der Waals surface area contributed by atoms with Crippen molar-refractivity contribution >= 4 is 5.69 Å². The third-order valence-corrected chi connectivity index (χ3v) is 2.69. The quantitative estimate of drug-likeness (QED) is 0.640. The smallest absolute Gasteiger partial charge is 0.187 e. The Labute approximate surface area is 96.2 Å². The zero-order valence-corrected chi connectivity index (χ0v) is 9.27. The minimum absolute atomic E-state index is 0.689. The van der Waals surface area contributed by atoms with Gasteiger partial charge in [-0.2, -0.15) is 0 Å². The normalized spacial score (nSPS) is 9.75. The fourth-order valence-corrected chi connectivity index (χ4v) is 1.66. The maximum Gasteiger partial charge on any atom is 0.187 e. The molecule has 0 amide bonds. The van der Waals surface area contributed by atoms with Crippen LogP contribution in [0.2, 0.25) is 0 Å². The summed E-state index contributed by atoms with van der Waals surface area (Å²) in [7, 11) is 0. The van der Waals surface area contributed by atoms with Crippen LogP contribution in [0.25, 0.3) is 16.0 Å². The molecule has 0 aliphatic heterocycles. The van der Waals surface area contributed by atoms with Crippen molar-refractivity contribution in [2.45, 2.75) is 13.3 Å². The second kappa shape index (κ2) is 4.63. The van der Waals surface area contributed by atoms with E-state index in [1.165, 1.54) is 11.1 Å². The first-order valence-electron chi connectivity index (χ1n) is 5.40. The van der Waals surface area contributed by atoms with E-state index in [2.05, 4.69) is 36.0 Å². The number of hydrogen-bond donors (Lipinski definition) is 0. The molecule has 1 nitrogen and oxygen atoms in total. The molecule has 2 aromatic rings. The molecule has 0 aliphatic carbocycles. The van der Waals surface area contributed by atoms with Crippen LogP contribution in [0, 0.1) is 6.57 Å². The zero-order chi connectivity index (χ0) is 11.4. The van der Waals surface area contributed by atoms with Gasteiger partial charge in [-0.1, -0.05) is 55.5 Å². The zero-order valence-electron chi connectivity index (χ0n) is 9.27. The van der Waals surface area contributed by atoms with Gasteiger partial charge < -0.3 is 0 Å². The molecular weight excluding hydrogens is 194 g/mol. The second-order valence-corrected chi connectivity index (χ2v) is 3.71. The van der Waals surface area contributed by atoms with Gasteiger partial charge in [-0.05, 0) is 23.1 Å². The molecule has 0 spiro atoms. The third-order valence-electron chi connectivity index (χ3n) is 2.69. The summed E-state index contributed by atoms with van der Waals surface area (Å²) in [6, 6.07) is 16.3. The van der Waals surface area contributed by atoms with Crippen LogP contribution in [-0.2, 0) is 6.42 Å². The number of aryl methyl sites for hydroxylation is 1. The van der Waals surface area contributed by atoms with Gasteiger partial charge in [-0.15, -0.1) is 0 Å². The fourth-order valence-electron chi connectivity index (χ4n) is 1.66. The van der Waals surface area contributed by atoms with Crippen molar-refractivity contribution in [1.29, 1.82) is 0 Å². The second-order valence-electron chi connectivity index (χ2n) is 3.71. The Morgan fingerprint density at radius 3 is 1.81 bits per heavy atom. The Bertz CT molecular complexity index is 501. The molecule has 0 radical (unpaired) electrons. The number of hydrogen-bond acceptors (Lipinski definition) is 0. The average molecular weight is 207 g/mol. The minimum Gasteiger partial charge on any atom is -0.238 e. The van der Waals surface area contributed by atoms with E-state index in [-0.39, 0.29) is 0 Å². The molecule has 0 aromatic heterocycles. The molecule has 0 atom stereocenters. The maximum absolute atomic E-state index is 6.90. The Morgan fingerprint density at radius 2 is 1.38 bits per heavy atom. The molecule has 0 bridgehead atoms. The van der Waals surface area contributed by atoms with Gasteiger partial charge in [0.25, 0.3) is 0 Å². The summed E-state index contributed by atoms with van der Waals surface area (Å²) in [6.45, 7) is 9.05. The van der Waals surface area contributed by atoms with Gasteiger partial charge in [0.15, 0.2) is 5.69 Å². The first-order valence-corrected chi connectivity index (χ1v) is 5.40. The molecule has 0 N–H and O–H groups in total. The summed E-state index contributed by atoms with van der Waals surface area (Å²) in [6.07, 6.45) is 1.07. The summed E-state index contributed by atoms with van der Waals surface area (Å²) in [4.78, 5) is 3.38. The summed E-state index contributed by atoms with van der Waals surface area (Å²) >= 11 is 0. The van der Waals surface area contributed by atoms with E-state index < -0.39 is 0 Å². The molecule has 2 aromatic carbocycles. The van der Waals surface area contributed by atoms with Crippen LogP contribution in [0.1, 0.15) is 12.5 Å². The molecule has 78 valence electrons. The Kier molecular flexibility index (Phi) is 3.03. The molecular formula is C15H13N. The largest absolute Gasteiger partial charge is 0.238 e. The summed E-state index contributed by atoms with van der Waals surface area (Å²) < 4.78 is 0. The Hall–Kier alpha value is -2.07. The first-order chi connectivity index (χ1) is 7.83. The molecule has 0 aliphatic rings. The van der Waals surface area contributed by atoms with E-state index in [0.29, 0.717) is 5.69 Å². The highest BCUT2D eigenvalue weighted by Crippen LogP contribution is 2.22. The summed E-state index contributed by atoms with van der Waals surface area (Å²) in [5.74, 6) is 0. The molecule has 2 rings (SSSR count). The van der Waals surface area contributed by atoms with Gasteiger partial charge >= 0.3 is 0 Å². The highest BCUT2D eigenvalue weighted by Gasteiger charge is 1.97.